The highest BCUT2D eigenvalue weighted by molar-refractivity contribution is 7.91. The van der Waals surface area contributed by atoms with Gasteiger partial charge in [0.15, 0.2) is 9.84 Å². The smallest absolute Gasteiger partial charge is 0.154 e. The van der Waals surface area contributed by atoms with Gasteiger partial charge in [0.2, 0.25) is 0 Å². The lowest BCUT2D eigenvalue weighted by Crippen LogP contribution is -2.54. The van der Waals surface area contributed by atoms with Crippen molar-refractivity contribution in [2.75, 3.05) is 11.5 Å². The molecule has 102 valence electrons. The van der Waals surface area contributed by atoms with E-state index in [-0.39, 0.29) is 17.5 Å². The number of benzene rings is 1. The first-order valence-electron chi connectivity index (χ1n) is 6.18. The fraction of sp³-hybridized carbons (Fsp3) is 0.462. The number of rotatable bonds is 1. The average molecular weight is 296 g/mol. The molecule has 0 spiro atoms. The van der Waals surface area contributed by atoms with Crippen LogP contribution in [-0.4, -0.2) is 30.4 Å². The van der Waals surface area contributed by atoms with Crippen molar-refractivity contribution in [1.29, 1.82) is 0 Å². The van der Waals surface area contributed by atoms with Crippen molar-refractivity contribution in [2.24, 2.45) is 0 Å². The van der Waals surface area contributed by atoms with Gasteiger partial charge in [0, 0.05) is 5.54 Å². The molecule has 6 heteroatoms. The SMILES string of the molecule is CC1(C)CS(=O)(=O)CC(c2nc3ccccc3s2)N1. The van der Waals surface area contributed by atoms with E-state index in [4.69, 9.17) is 0 Å². The lowest BCUT2D eigenvalue weighted by atomic mass is 10.1. The summed E-state index contributed by atoms with van der Waals surface area (Å²) in [5.74, 6) is 0.317. The first kappa shape index (κ1) is 13.0. The number of nitrogens with zero attached hydrogens (tertiary/aromatic N) is 1. The Kier molecular flexibility index (Phi) is 2.92. The normalized spacial score (nSPS) is 25.5. The zero-order valence-electron chi connectivity index (χ0n) is 10.9. The summed E-state index contributed by atoms with van der Waals surface area (Å²) in [5, 5.41) is 4.25. The van der Waals surface area contributed by atoms with E-state index in [9.17, 15) is 8.42 Å². The van der Waals surface area contributed by atoms with Crippen molar-refractivity contribution in [1.82, 2.24) is 10.3 Å². The van der Waals surface area contributed by atoms with Crippen molar-refractivity contribution in [3.8, 4) is 0 Å². The summed E-state index contributed by atoms with van der Waals surface area (Å²) in [5.41, 5.74) is 0.532. The molecule has 0 radical (unpaired) electrons. The molecule has 1 aromatic carbocycles. The molecule has 1 aliphatic rings. The highest BCUT2D eigenvalue weighted by Crippen LogP contribution is 2.31. The Morgan fingerprint density at radius 3 is 2.79 bits per heavy atom. The zero-order chi connectivity index (χ0) is 13.7. The minimum Gasteiger partial charge on any atom is -0.301 e. The van der Waals surface area contributed by atoms with Crippen LogP contribution in [0.25, 0.3) is 10.2 Å². The van der Waals surface area contributed by atoms with E-state index < -0.39 is 15.4 Å². The molecule has 1 aliphatic heterocycles. The lowest BCUT2D eigenvalue weighted by molar-refractivity contribution is 0.359. The molecule has 19 heavy (non-hydrogen) atoms. The molecule has 0 saturated carbocycles. The first-order valence-corrected chi connectivity index (χ1v) is 8.82. The Balaban J connectivity index is 2.01. The fourth-order valence-corrected chi connectivity index (χ4v) is 5.76. The van der Waals surface area contributed by atoms with Crippen LogP contribution < -0.4 is 5.32 Å². The molecule has 1 atom stereocenters. The van der Waals surface area contributed by atoms with Crippen LogP contribution in [-0.2, 0) is 9.84 Å². The van der Waals surface area contributed by atoms with Gasteiger partial charge in [-0.3, -0.25) is 0 Å². The van der Waals surface area contributed by atoms with E-state index in [0.717, 1.165) is 15.2 Å². The second-order valence-corrected chi connectivity index (χ2v) is 8.83. The zero-order valence-corrected chi connectivity index (χ0v) is 12.5. The summed E-state index contributed by atoms with van der Waals surface area (Å²) in [7, 11) is -3.02. The number of thiazole rings is 1. The van der Waals surface area contributed by atoms with Crippen LogP contribution >= 0.6 is 11.3 Å². The van der Waals surface area contributed by atoms with E-state index in [1.54, 1.807) is 11.3 Å². The Morgan fingerprint density at radius 1 is 1.37 bits per heavy atom. The second-order valence-electron chi connectivity index (χ2n) is 5.66. The monoisotopic (exact) mass is 296 g/mol. The Hall–Kier alpha value is -0.980. The van der Waals surface area contributed by atoms with Gasteiger partial charge >= 0.3 is 0 Å². The topological polar surface area (TPSA) is 59.1 Å². The molecule has 1 aromatic heterocycles. The Bertz CT molecular complexity index is 686. The molecule has 0 bridgehead atoms. The number of hydrogen-bond acceptors (Lipinski definition) is 5. The van der Waals surface area contributed by atoms with E-state index in [0.29, 0.717) is 0 Å². The third-order valence-corrected chi connectivity index (χ3v) is 6.33. The molecule has 1 saturated heterocycles. The van der Waals surface area contributed by atoms with Gasteiger partial charge in [-0.05, 0) is 26.0 Å². The molecular formula is C13H16N2O2S2. The first-order chi connectivity index (χ1) is 8.85. The molecule has 1 fully saturated rings. The van der Waals surface area contributed by atoms with Crippen molar-refractivity contribution < 1.29 is 8.42 Å². The fourth-order valence-electron chi connectivity index (χ4n) is 2.59. The third kappa shape index (κ3) is 2.66. The molecule has 0 amide bonds. The molecule has 3 rings (SSSR count). The van der Waals surface area contributed by atoms with Crippen LogP contribution in [0.15, 0.2) is 24.3 Å². The van der Waals surface area contributed by atoms with Crippen LogP contribution in [0.1, 0.15) is 24.9 Å². The molecule has 1 N–H and O–H groups in total. The van der Waals surface area contributed by atoms with E-state index >= 15 is 0 Å². The lowest BCUT2D eigenvalue weighted by Gasteiger charge is -2.35. The summed E-state index contributed by atoms with van der Waals surface area (Å²) in [6, 6.07) is 7.68. The summed E-state index contributed by atoms with van der Waals surface area (Å²) < 4.78 is 25.1. The minimum atomic E-state index is -3.02. The van der Waals surface area contributed by atoms with Gasteiger partial charge < -0.3 is 5.32 Å². The van der Waals surface area contributed by atoms with Crippen molar-refractivity contribution in [3.05, 3.63) is 29.3 Å². The summed E-state index contributed by atoms with van der Waals surface area (Å²) in [6.07, 6.45) is 0. The summed E-state index contributed by atoms with van der Waals surface area (Å²) >= 11 is 1.57. The Labute approximate surface area is 116 Å². The van der Waals surface area contributed by atoms with Crippen LogP contribution in [0.5, 0.6) is 0 Å². The van der Waals surface area contributed by atoms with Crippen LogP contribution in [0.4, 0.5) is 0 Å². The van der Waals surface area contributed by atoms with Gasteiger partial charge in [-0.15, -0.1) is 11.3 Å². The highest BCUT2D eigenvalue weighted by Gasteiger charge is 2.38. The summed E-state index contributed by atoms with van der Waals surface area (Å²) in [4.78, 5) is 4.56. The van der Waals surface area contributed by atoms with E-state index in [1.807, 2.05) is 38.1 Å². The minimum absolute atomic E-state index is 0.135. The highest BCUT2D eigenvalue weighted by atomic mass is 32.2. The van der Waals surface area contributed by atoms with Crippen LogP contribution in [0.3, 0.4) is 0 Å². The maximum Gasteiger partial charge on any atom is 0.154 e. The van der Waals surface area contributed by atoms with Crippen LogP contribution in [0, 0.1) is 0 Å². The predicted molar refractivity (Wildman–Crippen MR) is 78.2 cm³/mol. The largest absolute Gasteiger partial charge is 0.301 e. The standard InChI is InChI=1S/C13H16N2O2S2/c1-13(2)8-19(16,17)7-10(15-13)12-14-9-5-3-4-6-11(9)18-12/h3-6,10,15H,7-8H2,1-2H3. The van der Waals surface area contributed by atoms with Gasteiger partial charge in [-0.25, -0.2) is 13.4 Å². The number of sulfone groups is 1. The number of para-hydroxylation sites is 1. The predicted octanol–water partition coefficient (Wildman–Crippen LogP) is 2.13. The quantitative estimate of drug-likeness (QED) is 0.876. The Morgan fingerprint density at radius 2 is 2.11 bits per heavy atom. The second kappa shape index (κ2) is 4.26. The molecule has 2 aromatic rings. The van der Waals surface area contributed by atoms with Gasteiger partial charge in [0.05, 0.1) is 27.8 Å². The summed E-state index contributed by atoms with van der Waals surface area (Å²) in [6.45, 7) is 3.84. The maximum atomic E-state index is 12.0. The maximum absolute atomic E-state index is 12.0. The number of aromatic nitrogens is 1. The van der Waals surface area contributed by atoms with Crippen molar-refractivity contribution in [2.45, 2.75) is 25.4 Å². The molecular weight excluding hydrogens is 280 g/mol. The number of fused-ring (bicyclic) bond motifs is 1. The van der Waals surface area contributed by atoms with Gasteiger partial charge in [-0.1, -0.05) is 12.1 Å². The van der Waals surface area contributed by atoms with Crippen molar-refractivity contribution in [3.63, 3.8) is 0 Å². The molecule has 2 heterocycles. The molecule has 0 aliphatic carbocycles. The van der Waals surface area contributed by atoms with E-state index in [1.165, 1.54) is 0 Å². The van der Waals surface area contributed by atoms with Gasteiger partial charge in [0.1, 0.15) is 5.01 Å². The van der Waals surface area contributed by atoms with Gasteiger partial charge in [0.25, 0.3) is 0 Å². The molecule has 1 unspecified atom stereocenters. The van der Waals surface area contributed by atoms with Crippen molar-refractivity contribution >= 4 is 31.4 Å². The van der Waals surface area contributed by atoms with E-state index in [2.05, 4.69) is 10.3 Å². The average Bonchev–Trinajstić information content (AvgIpc) is 2.68. The number of nitrogens with one attached hydrogen (secondary N) is 1. The third-order valence-electron chi connectivity index (χ3n) is 3.17. The molecule has 4 nitrogen and oxygen atoms in total. The van der Waals surface area contributed by atoms with Crippen LogP contribution in [0.2, 0.25) is 0 Å². The number of hydrogen-bond donors (Lipinski definition) is 1. The van der Waals surface area contributed by atoms with Gasteiger partial charge in [-0.2, -0.15) is 0 Å².